The summed E-state index contributed by atoms with van der Waals surface area (Å²) in [7, 11) is 1.82. The zero-order chi connectivity index (χ0) is 17.3. The zero-order valence-electron chi connectivity index (χ0n) is 13.8. The first-order valence-corrected chi connectivity index (χ1v) is 7.60. The van der Waals surface area contributed by atoms with Crippen molar-refractivity contribution in [3.63, 3.8) is 0 Å². The van der Waals surface area contributed by atoms with Crippen molar-refractivity contribution in [2.24, 2.45) is 7.05 Å². The van der Waals surface area contributed by atoms with E-state index in [1.54, 1.807) is 17.8 Å². The highest BCUT2D eigenvalue weighted by Gasteiger charge is 2.33. The largest absolute Gasteiger partial charge is 0.327 e. The van der Waals surface area contributed by atoms with Gasteiger partial charge in [0.2, 0.25) is 0 Å². The van der Waals surface area contributed by atoms with E-state index in [1.165, 1.54) is 0 Å². The number of carbonyl (C=O) groups is 2. The number of benzene rings is 1. The maximum absolute atomic E-state index is 12.8. The van der Waals surface area contributed by atoms with E-state index >= 15 is 0 Å². The van der Waals surface area contributed by atoms with E-state index < -0.39 is 6.04 Å². The van der Waals surface area contributed by atoms with Crippen LogP contribution < -0.4 is 16.0 Å². The van der Waals surface area contributed by atoms with Gasteiger partial charge in [0.25, 0.3) is 5.91 Å². The summed E-state index contributed by atoms with van der Waals surface area (Å²) < 4.78 is 1.71. The molecule has 2 aromatic rings. The van der Waals surface area contributed by atoms with Crippen molar-refractivity contribution in [1.29, 1.82) is 0 Å². The first-order chi connectivity index (χ1) is 11.5. The topological polar surface area (TPSA) is 88.1 Å². The third-order valence-corrected chi connectivity index (χ3v) is 4.13. The molecule has 3 amide bonds. The molecule has 7 nitrogen and oxygen atoms in total. The quantitative estimate of drug-likeness (QED) is 0.806. The van der Waals surface area contributed by atoms with E-state index in [0.717, 1.165) is 11.3 Å². The van der Waals surface area contributed by atoms with Crippen LogP contribution in [0, 0.1) is 6.92 Å². The number of amides is 3. The standard InChI is InChI=1S/C17H19N5O2/c1-10-14(16(23)20-12-7-5-4-6-8-12)15(21-17(24)19-10)13-9-18-22(3)11(13)2/h4-9,15H,1-3H3,(H,20,23)(H2,19,21,24)/t15-/m1/s1. The van der Waals surface area contributed by atoms with Crippen LogP contribution in [0.15, 0.2) is 47.8 Å². The maximum Gasteiger partial charge on any atom is 0.319 e. The Hall–Kier alpha value is -3.09. The van der Waals surface area contributed by atoms with Gasteiger partial charge in [-0.15, -0.1) is 0 Å². The van der Waals surface area contributed by atoms with Gasteiger partial charge in [0.05, 0.1) is 17.8 Å². The fourth-order valence-electron chi connectivity index (χ4n) is 2.75. The molecule has 0 radical (unpaired) electrons. The minimum atomic E-state index is -0.545. The Morgan fingerprint density at radius 1 is 1.25 bits per heavy atom. The molecule has 1 aliphatic heterocycles. The molecule has 7 heteroatoms. The number of anilines is 1. The second kappa shape index (κ2) is 6.19. The molecular formula is C17H19N5O2. The molecule has 1 aliphatic rings. The van der Waals surface area contributed by atoms with Crippen LogP contribution in [0.5, 0.6) is 0 Å². The molecule has 0 saturated heterocycles. The van der Waals surface area contributed by atoms with Crippen molar-refractivity contribution in [2.45, 2.75) is 19.9 Å². The highest BCUT2D eigenvalue weighted by molar-refractivity contribution is 6.06. The Kier molecular flexibility index (Phi) is 4.07. The number of rotatable bonds is 3. The van der Waals surface area contributed by atoms with Crippen molar-refractivity contribution in [1.82, 2.24) is 20.4 Å². The lowest BCUT2D eigenvalue weighted by molar-refractivity contribution is -0.113. The molecule has 1 aromatic carbocycles. The summed E-state index contributed by atoms with van der Waals surface area (Å²) in [5.41, 5.74) is 3.38. The predicted molar refractivity (Wildman–Crippen MR) is 90.1 cm³/mol. The highest BCUT2D eigenvalue weighted by atomic mass is 16.2. The number of para-hydroxylation sites is 1. The molecule has 24 heavy (non-hydrogen) atoms. The van der Waals surface area contributed by atoms with Crippen LogP contribution in [0.3, 0.4) is 0 Å². The van der Waals surface area contributed by atoms with E-state index in [2.05, 4.69) is 21.0 Å². The fraction of sp³-hybridized carbons (Fsp3) is 0.235. The molecule has 0 fully saturated rings. The SMILES string of the molecule is CC1=C(C(=O)Nc2ccccc2)[C@@H](c2cnn(C)c2C)NC(=O)N1. The fourth-order valence-corrected chi connectivity index (χ4v) is 2.75. The number of allylic oxidation sites excluding steroid dienone is 1. The van der Waals surface area contributed by atoms with Gasteiger partial charge in [0.1, 0.15) is 0 Å². The summed E-state index contributed by atoms with van der Waals surface area (Å²) in [4.78, 5) is 24.7. The average molecular weight is 325 g/mol. The maximum atomic E-state index is 12.8. The number of nitrogens with zero attached hydrogens (tertiary/aromatic N) is 2. The Bertz CT molecular complexity index is 823. The minimum absolute atomic E-state index is 0.264. The summed E-state index contributed by atoms with van der Waals surface area (Å²) in [5, 5.41) is 12.6. The molecule has 0 bridgehead atoms. The summed E-state index contributed by atoms with van der Waals surface area (Å²) >= 11 is 0. The molecule has 0 saturated carbocycles. The number of aromatic nitrogens is 2. The van der Waals surface area contributed by atoms with Crippen LogP contribution in [0.4, 0.5) is 10.5 Å². The number of aryl methyl sites for hydroxylation is 1. The van der Waals surface area contributed by atoms with Crippen LogP contribution in [-0.4, -0.2) is 21.7 Å². The molecule has 3 N–H and O–H groups in total. The summed E-state index contributed by atoms with van der Waals surface area (Å²) in [5.74, 6) is -0.264. The van der Waals surface area contributed by atoms with E-state index in [0.29, 0.717) is 17.0 Å². The van der Waals surface area contributed by atoms with E-state index in [4.69, 9.17) is 0 Å². The van der Waals surface area contributed by atoms with Crippen LogP contribution in [0.25, 0.3) is 0 Å². The highest BCUT2D eigenvalue weighted by Crippen LogP contribution is 2.29. The van der Waals surface area contributed by atoms with Gasteiger partial charge in [-0.25, -0.2) is 4.79 Å². The number of urea groups is 1. The first kappa shape index (κ1) is 15.8. The average Bonchev–Trinajstić information content (AvgIpc) is 2.87. The van der Waals surface area contributed by atoms with Gasteiger partial charge in [0, 0.05) is 29.7 Å². The van der Waals surface area contributed by atoms with Crippen molar-refractivity contribution in [3.05, 3.63) is 59.1 Å². The molecule has 0 spiro atoms. The van der Waals surface area contributed by atoms with Crippen molar-refractivity contribution >= 4 is 17.6 Å². The Balaban J connectivity index is 1.98. The smallest absolute Gasteiger partial charge is 0.319 e. The van der Waals surface area contributed by atoms with Gasteiger partial charge >= 0.3 is 6.03 Å². The lowest BCUT2D eigenvalue weighted by atomic mass is 9.95. The molecule has 124 valence electrons. The summed E-state index contributed by atoms with van der Waals surface area (Å²) in [6.45, 7) is 3.62. The molecule has 0 unspecified atom stereocenters. The van der Waals surface area contributed by atoms with Crippen LogP contribution in [0.1, 0.15) is 24.2 Å². The summed E-state index contributed by atoms with van der Waals surface area (Å²) in [6.07, 6.45) is 1.68. The third-order valence-electron chi connectivity index (χ3n) is 4.13. The summed E-state index contributed by atoms with van der Waals surface area (Å²) in [6, 6.07) is 8.32. The molecule has 1 atom stereocenters. The Morgan fingerprint density at radius 2 is 1.96 bits per heavy atom. The molecule has 3 rings (SSSR count). The Morgan fingerprint density at radius 3 is 2.58 bits per heavy atom. The van der Waals surface area contributed by atoms with Crippen LogP contribution in [-0.2, 0) is 11.8 Å². The lowest BCUT2D eigenvalue weighted by Gasteiger charge is -2.28. The molecule has 1 aromatic heterocycles. The van der Waals surface area contributed by atoms with Gasteiger partial charge in [-0.2, -0.15) is 5.10 Å². The van der Waals surface area contributed by atoms with Crippen molar-refractivity contribution in [2.75, 3.05) is 5.32 Å². The third kappa shape index (κ3) is 2.88. The molecular weight excluding hydrogens is 306 g/mol. The van der Waals surface area contributed by atoms with Crippen molar-refractivity contribution < 1.29 is 9.59 Å². The number of nitrogens with one attached hydrogen (secondary N) is 3. The second-order valence-electron chi connectivity index (χ2n) is 5.70. The second-order valence-corrected chi connectivity index (χ2v) is 5.70. The normalized spacial score (nSPS) is 17.3. The van der Waals surface area contributed by atoms with Crippen LogP contribution in [0.2, 0.25) is 0 Å². The zero-order valence-corrected chi connectivity index (χ0v) is 13.8. The van der Waals surface area contributed by atoms with Crippen molar-refractivity contribution in [3.8, 4) is 0 Å². The van der Waals surface area contributed by atoms with E-state index in [9.17, 15) is 9.59 Å². The first-order valence-electron chi connectivity index (χ1n) is 7.60. The van der Waals surface area contributed by atoms with Gasteiger partial charge in [0.15, 0.2) is 0 Å². The van der Waals surface area contributed by atoms with Gasteiger partial charge in [-0.1, -0.05) is 18.2 Å². The van der Waals surface area contributed by atoms with E-state index in [-0.39, 0.29) is 11.9 Å². The molecule has 0 aliphatic carbocycles. The van der Waals surface area contributed by atoms with Crippen LogP contribution >= 0.6 is 0 Å². The van der Waals surface area contributed by atoms with Gasteiger partial charge in [-0.05, 0) is 26.0 Å². The number of hydrogen-bond acceptors (Lipinski definition) is 3. The molecule has 2 heterocycles. The minimum Gasteiger partial charge on any atom is -0.327 e. The number of hydrogen-bond donors (Lipinski definition) is 3. The lowest BCUT2D eigenvalue weighted by Crippen LogP contribution is -2.46. The van der Waals surface area contributed by atoms with E-state index in [1.807, 2.05) is 44.3 Å². The van der Waals surface area contributed by atoms with Gasteiger partial charge < -0.3 is 16.0 Å². The van der Waals surface area contributed by atoms with Gasteiger partial charge in [-0.3, -0.25) is 9.48 Å². The predicted octanol–water partition coefficient (Wildman–Crippen LogP) is 2.00. The number of carbonyl (C=O) groups excluding carboxylic acids is 2. The Labute approximate surface area is 139 Å². The monoisotopic (exact) mass is 325 g/mol.